The van der Waals surface area contributed by atoms with Crippen LogP contribution in [0.25, 0.3) is 10.9 Å². The minimum atomic E-state index is -3.75. The van der Waals surface area contributed by atoms with E-state index in [2.05, 4.69) is 4.98 Å². The fourth-order valence-electron chi connectivity index (χ4n) is 1.39. The van der Waals surface area contributed by atoms with Crippen LogP contribution in [0, 0.1) is 0 Å². The number of halogens is 1. The molecule has 0 saturated carbocycles. The molecule has 0 unspecified atom stereocenters. The van der Waals surface area contributed by atoms with Crippen molar-refractivity contribution in [3.8, 4) is 0 Å². The number of carbonyl (C=O) groups is 1. The van der Waals surface area contributed by atoms with Crippen molar-refractivity contribution in [3.05, 3.63) is 30.0 Å². The van der Waals surface area contributed by atoms with Gasteiger partial charge in [0.25, 0.3) is 9.05 Å². The Kier molecular flexibility index (Phi) is 2.28. The van der Waals surface area contributed by atoms with Crippen LogP contribution >= 0.6 is 10.7 Å². The number of benzene rings is 1. The second-order valence-corrected chi connectivity index (χ2v) is 5.55. The van der Waals surface area contributed by atoms with Crippen molar-refractivity contribution in [2.24, 2.45) is 0 Å². The van der Waals surface area contributed by atoms with Crippen LogP contribution in [-0.2, 0) is 9.05 Å². The molecule has 78 valence electrons. The van der Waals surface area contributed by atoms with E-state index in [0.717, 1.165) is 0 Å². The monoisotopic (exact) mass is 243 g/mol. The van der Waals surface area contributed by atoms with E-state index in [1.807, 2.05) is 0 Å². The summed E-state index contributed by atoms with van der Waals surface area (Å²) in [4.78, 5) is 13.3. The van der Waals surface area contributed by atoms with E-state index in [1.165, 1.54) is 12.3 Å². The maximum Gasteiger partial charge on any atom is 0.263 e. The van der Waals surface area contributed by atoms with Gasteiger partial charge in [0.2, 0.25) is 0 Å². The van der Waals surface area contributed by atoms with Crippen molar-refractivity contribution in [2.45, 2.75) is 4.90 Å². The maximum absolute atomic E-state index is 11.1. The number of nitrogens with one attached hydrogen (secondary N) is 1. The van der Waals surface area contributed by atoms with Crippen LogP contribution in [0.3, 0.4) is 0 Å². The fraction of sp³-hybridized carbons (Fsp3) is 0. The van der Waals surface area contributed by atoms with Gasteiger partial charge in [0.1, 0.15) is 11.2 Å². The zero-order valence-electron chi connectivity index (χ0n) is 7.40. The zero-order chi connectivity index (χ0) is 11.1. The van der Waals surface area contributed by atoms with Crippen molar-refractivity contribution >= 4 is 36.9 Å². The lowest BCUT2D eigenvalue weighted by molar-refractivity contribution is 0.112. The molecule has 4 nitrogen and oxygen atoms in total. The van der Waals surface area contributed by atoms with Crippen LogP contribution in [0.15, 0.2) is 29.3 Å². The summed E-state index contributed by atoms with van der Waals surface area (Å²) in [5.41, 5.74) is 1.04. The highest BCUT2D eigenvalue weighted by Gasteiger charge is 2.15. The average Bonchev–Trinajstić information content (AvgIpc) is 2.59. The van der Waals surface area contributed by atoms with Gasteiger partial charge in [-0.1, -0.05) is 12.1 Å². The molecule has 1 aromatic heterocycles. The molecule has 0 amide bonds. The zero-order valence-corrected chi connectivity index (χ0v) is 8.97. The Morgan fingerprint density at radius 1 is 1.33 bits per heavy atom. The molecule has 1 N–H and O–H groups in total. The lowest BCUT2D eigenvalue weighted by atomic mass is 10.2. The fourth-order valence-corrected chi connectivity index (χ4v) is 2.42. The molecule has 2 rings (SSSR count). The van der Waals surface area contributed by atoms with Crippen molar-refractivity contribution in [1.29, 1.82) is 0 Å². The number of aromatic amines is 1. The molecule has 0 atom stereocenters. The minimum Gasteiger partial charge on any atom is -0.360 e. The normalized spacial score (nSPS) is 11.8. The molecule has 0 spiro atoms. The largest absolute Gasteiger partial charge is 0.360 e. The minimum absolute atomic E-state index is 0.0246. The SMILES string of the molecule is O=Cc1ccc2c(S(=O)(=O)Cl)c[nH]c2c1. The Labute approximate surface area is 90.3 Å². The smallest absolute Gasteiger partial charge is 0.263 e. The van der Waals surface area contributed by atoms with Gasteiger partial charge in [-0.15, -0.1) is 0 Å². The molecule has 0 saturated heterocycles. The van der Waals surface area contributed by atoms with Gasteiger partial charge < -0.3 is 4.98 Å². The first-order valence-electron chi connectivity index (χ1n) is 4.03. The molecule has 0 fully saturated rings. The molecule has 0 radical (unpaired) electrons. The Morgan fingerprint density at radius 3 is 2.67 bits per heavy atom. The van der Waals surface area contributed by atoms with Gasteiger partial charge in [-0.2, -0.15) is 0 Å². The molecule has 2 aromatic rings. The van der Waals surface area contributed by atoms with Crippen molar-refractivity contribution in [2.75, 3.05) is 0 Å². The predicted molar refractivity (Wildman–Crippen MR) is 56.7 cm³/mol. The van der Waals surface area contributed by atoms with Crippen LogP contribution in [0.4, 0.5) is 0 Å². The third-order valence-electron chi connectivity index (χ3n) is 2.07. The summed E-state index contributed by atoms with van der Waals surface area (Å²) in [6.45, 7) is 0. The molecule has 6 heteroatoms. The number of aldehydes is 1. The van der Waals surface area contributed by atoms with E-state index < -0.39 is 9.05 Å². The highest BCUT2D eigenvalue weighted by atomic mass is 35.7. The number of fused-ring (bicyclic) bond motifs is 1. The molecule has 1 aromatic carbocycles. The van der Waals surface area contributed by atoms with Gasteiger partial charge in [0.15, 0.2) is 0 Å². The van der Waals surface area contributed by atoms with Gasteiger partial charge in [0.05, 0.1) is 0 Å². The summed E-state index contributed by atoms with van der Waals surface area (Å²) < 4.78 is 22.3. The summed E-state index contributed by atoms with van der Waals surface area (Å²) >= 11 is 0. The first-order valence-corrected chi connectivity index (χ1v) is 6.34. The Bertz CT molecular complexity index is 630. The lowest BCUT2D eigenvalue weighted by Crippen LogP contribution is -1.87. The van der Waals surface area contributed by atoms with Gasteiger partial charge in [-0.05, 0) is 6.07 Å². The van der Waals surface area contributed by atoms with E-state index in [1.54, 1.807) is 12.1 Å². The van der Waals surface area contributed by atoms with E-state index >= 15 is 0 Å². The van der Waals surface area contributed by atoms with Gasteiger partial charge in [-0.25, -0.2) is 8.42 Å². The molecular formula is C9H6ClNO3S. The first-order chi connectivity index (χ1) is 7.02. The van der Waals surface area contributed by atoms with Gasteiger partial charge in [-0.3, -0.25) is 4.79 Å². The predicted octanol–water partition coefficient (Wildman–Crippen LogP) is 1.91. The summed E-state index contributed by atoms with van der Waals surface area (Å²) in [5.74, 6) is 0. The Morgan fingerprint density at radius 2 is 2.07 bits per heavy atom. The van der Waals surface area contributed by atoms with Gasteiger partial charge >= 0.3 is 0 Å². The third-order valence-corrected chi connectivity index (χ3v) is 3.43. The Hall–Kier alpha value is -1.33. The second-order valence-electron chi connectivity index (χ2n) is 3.01. The van der Waals surface area contributed by atoms with Crippen molar-refractivity contribution in [3.63, 3.8) is 0 Å². The highest BCUT2D eigenvalue weighted by molar-refractivity contribution is 8.14. The van der Waals surface area contributed by atoms with Crippen LogP contribution < -0.4 is 0 Å². The molecular weight excluding hydrogens is 238 g/mol. The summed E-state index contributed by atoms with van der Waals surface area (Å²) in [6, 6.07) is 4.65. The topological polar surface area (TPSA) is 67.0 Å². The van der Waals surface area contributed by atoms with Gasteiger partial charge in [0, 0.05) is 33.3 Å². The first kappa shape index (κ1) is 10.2. The van der Waals surface area contributed by atoms with Crippen LogP contribution in [0.1, 0.15) is 10.4 Å². The molecule has 1 heterocycles. The van der Waals surface area contributed by atoms with Crippen LogP contribution in [0.2, 0.25) is 0 Å². The summed E-state index contributed by atoms with van der Waals surface area (Å²) in [7, 11) is 1.48. The Balaban J connectivity index is 2.78. The molecule has 0 bridgehead atoms. The summed E-state index contributed by atoms with van der Waals surface area (Å²) in [5, 5.41) is 0.482. The van der Waals surface area contributed by atoms with Crippen LogP contribution in [0.5, 0.6) is 0 Å². The van der Waals surface area contributed by atoms with Crippen molar-refractivity contribution in [1.82, 2.24) is 4.98 Å². The number of rotatable bonds is 2. The highest BCUT2D eigenvalue weighted by Crippen LogP contribution is 2.25. The van der Waals surface area contributed by atoms with E-state index in [4.69, 9.17) is 10.7 Å². The molecule has 0 aliphatic rings. The van der Waals surface area contributed by atoms with E-state index in [-0.39, 0.29) is 4.90 Å². The van der Waals surface area contributed by atoms with E-state index in [9.17, 15) is 13.2 Å². The van der Waals surface area contributed by atoms with Crippen LogP contribution in [-0.4, -0.2) is 19.7 Å². The number of aromatic nitrogens is 1. The average molecular weight is 244 g/mol. The molecule has 0 aliphatic carbocycles. The molecule has 15 heavy (non-hydrogen) atoms. The quantitative estimate of drug-likeness (QED) is 0.647. The van der Waals surface area contributed by atoms with E-state index in [0.29, 0.717) is 22.8 Å². The number of carbonyl (C=O) groups excluding carboxylic acids is 1. The number of H-pyrrole nitrogens is 1. The standard InChI is InChI=1S/C9H6ClNO3S/c10-15(13,14)9-4-11-8-3-6(5-12)1-2-7(8)9/h1-5,11H. The number of hydrogen-bond donors (Lipinski definition) is 1. The second kappa shape index (κ2) is 3.36. The molecule has 0 aliphatic heterocycles. The van der Waals surface area contributed by atoms with Crippen molar-refractivity contribution < 1.29 is 13.2 Å². The maximum atomic E-state index is 11.1. The number of hydrogen-bond acceptors (Lipinski definition) is 3. The third kappa shape index (κ3) is 1.75. The summed E-state index contributed by atoms with van der Waals surface area (Å²) in [6.07, 6.45) is 2.00. The lowest BCUT2D eigenvalue weighted by Gasteiger charge is -1.94.